The summed E-state index contributed by atoms with van der Waals surface area (Å²) < 4.78 is 25.5. The molecular weight excluding hydrogens is 214 g/mol. The molecule has 0 aliphatic carbocycles. The lowest BCUT2D eigenvalue weighted by molar-refractivity contribution is 0.598. The summed E-state index contributed by atoms with van der Waals surface area (Å²) in [5, 5.41) is 0. The molecule has 84 valence electrons. The molecule has 0 unspecified atom stereocenters. The molecule has 6 heteroatoms. The van der Waals surface area contributed by atoms with E-state index in [4.69, 9.17) is 5.73 Å². The predicted molar refractivity (Wildman–Crippen MR) is 60.1 cm³/mol. The molecule has 0 spiro atoms. The Labute approximate surface area is 89.8 Å². The van der Waals surface area contributed by atoms with E-state index in [1.54, 1.807) is 25.4 Å². The lowest BCUT2D eigenvalue weighted by Gasteiger charge is -2.09. The maximum atomic E-state index is 11.5. The van der Waals surface area contributed by atoms with Gasteiger partial charge in [-0.2, -0.15) is 0 Å². The van der Waals surface area contributed by atoms with Crippen LogP contribution in [0.1, 0.15) is 12.0 Å². The zero-order chi connectivity index (χ0) is 11.3. The number of nitrogens with two attached hydrogens (primary N) is 1. The topological polar surface area (TPSA) is 85.1 Å². The summed E-state index contributed by atoms with van der Waals surface area (Å²) in [5.41, 5.74) is 6.63. The van der Waals surface area contributed by atoms with Gasteiger partial charge in [-0.3, -0.25) is 9.71 Å². The Morgan fingerprint density at radius 1 is 1.53 bits per heavy atom. The van der Waals surface area contributed by atoms with Crippen LogP contribution in [0.25, 0.3) is 0 Å². The number of nitrogens with zero attached hydrogens (tertiary/aromatic N) is 1. The summed E-state index contributed by atoms with van der Waals surface area (Å²) in [7, 11) is -3.28. The number of rotatable bonds is 5. The van der Waals surface area contributed by atoms with Crippen molar-refractivity contribution in [3.05, 3.63) is 24.0 Å². The predicted octanol–water partition coefficient (Wildman–Crippen LogP) is 0.481. The molecule has 0 bridgehead atoms. The number of sulfonamides is 1. The van der Waals surface area contributed by atoms with Crippen LogP contribution in [-0.4, -0.2) is 25.7 Å². The summed E-state index contributed by atoms with van der Waals surface area (Å²) in [6, 6.07) is 1.63. The van der Waals surface area contributed by atoms with Gasteiger partial charge in [0.05, 0.1) is 11.4 Å². The third-order valence-electron chi connectivity index (χ3n) is 1.90. The number of nitrogens with one attached hydrogen (secondary N) is 1. The number of hydrogen-bond donors (Lipinski definition) is 2. The van der Waals surface area contributed by atoms with E-state index < -0.39 is 10.0 Å². The second kappa shape index (κ2) is 5.09. The van der Waals surface area contributed by atoms with Gasteiger partial charge in [-0.1, -0.05) is 0 Å². The normalized spacial score (nSPS) is 11.3. The minimum absolute atomic E-state index is 0.0469. The average Bonchev–Trinajstić information content (AvgIpc) is 2.18. The first-order chi connectivity index (χ1) is 7.05. The fourth-order valence-corrected chi connectivity index (χ4v) is 2.29. The number of hydrogen-bond acceptors (Lipinski definition) is 4. The minimum Gasteiger partial charge on any atom is -0.330 e. The quantitative estimate of drug-likeness (QED) is 0.769. The maximum Gasteiger partial charge on any atom is 0.232 e. The van der Waals surface area contributed by atoms with Crippen molar-refractivity contribution < 1.29 is 8.42 Å². The highest BCUT2D eigenvalue weighted by molar-refractivity contribution is 7.92. The molecule has 5 nitrogen and oxygen atoms in total. The molecule has 0 radical (unpaired) electrons. The zero-order valence-corrected chi connectivity index (χ0v) is 9.42. The molecule has 1 aromatic heterocycles. The Morgan fingerprint density at radius 2 is 2.27 bits per heavy atom. The Balaban J connectivity index is 2.74. The van der Waals surface area contributed by atoms with Crippen molar-refractivity contribution in [3.63, 3.8) is 0 Å². The van der Waals surface area contributed by atoms with Gasteiger partial charge in [0.1, 0.15) is 0 Å². The van der Waals surface area contributed by atoms with Gasteiger partial charge in [0.15, 0.2) is 0 Å². The van der Waals surface area contributed by atoms with E-state index in [1.807, 2.05) is 0 Å². The summed E-state index contributed by atoms with van der Waals surface area (Å²) in [4.78, 5) is 3.88. The highest BCUT2D eigenvalue weighted by Crippen LogP contribution is 2.13. The Bertz CT molecular complexity index is 417. The maximum absolute atomic E-state index is 11.5. The molecule has 1 aromatic rings. The summed E-state index contributed by atoms with van der Waals surface area (Å²) >= 11 is 0. The number of aryl methyl sites for hydroxylation is 1. The third kappa shape index (κ3) is 3.85. The van der Waals surface area contributed by atoms with E-state index in [2.05, 4.69) is 9.71 Å². The number of anilines is 1. The van der Waals surface area contributed by atoms with E-state index >= 15 is 0 Å². The zero-order valence-electron chi connectivity index (χ0n) is 8.60. The van der Waals surface area contributed by atoms with Crippen LogP contribution in [0.2, 0.25) is 0 Å². The molecule has 0 fully saturated rings. The van der Waals surface area contributed by atoms with E-state index in [9.17, 15) is 8.42 Å². The number of aromatic nitrogens is 1. The molecule has 3 N–H and O–H groups in total. The molecule has 0 saturated heterocycles. The Kier molecular flexibility index (Phi) is 4.05. The molecule has 0 aromatic carbocycles. The lowest BCUT2D eigenvalue weighted by Crippen LogP contribution is -2.19. The molecule has 1 heterocycles. The molecule has 0 aliphatic heterocycles. The minimum atomic E-state index is -3.28. The summed E-state index contributed by atoms with van der Waals surface area (Å²) in [6.45, 7) is 2.17. The van der Waals surface area contributed by atoms with Gasteiger partial charge in [-0.15, -0.1) is 0 Å². The van der Waals surface area contributed by atoms with Gasteiger partial charge in [0, 0.05) is 12.4 Å². The van der Waals surface area contributed by atoms with Gasteiger partial charge in [-0.05, 0) is 31.5 Å². The highest BCUT2D eigenvalue weighted by atomic mass is 32.2. The first-order valence-corrected chi connectivity index (χ1v) is 6.31. The van der Waals surface area contributed by atoms with Gasteiger partial charge >= 0.3 is 0 Å². The standard InChI is InChI=1S/C9H15N3O2S/c1-8-7-11-5-3-9(8)12-15(13,14)6-2-4-10/h3,5,7H,2,4,6,10H2,1H3,(H,11,12). The van der Waals surface area contributed by atoms with Gasteiger partial charge in [0.2, 0.25) is 10.0 Å². The fourth-order valence-electron chi connectivity index (χ4n) is 1.08. The van der Waals surface area contributed by atoms with Crippen LogP contribution in [0, 0.1) is 6.92 Å². The van der Waals surface area contributed by atoms with E-state index in [-0.39, 0.29) is 5.75 Å². The second-order valence-corrected chi connectivity index (χ2v) is 5.10. The third-order valence-corrected chi connectivity index (χ3v) is 3.26. The van der Waals surface area contributed by atoms with Crippen molar-refractivity contribution in [3.8, 4) is 0 Å². The van der Waals surface area contributed by atoms with Gasteiger partial charge < -0.3 is 5.73 Å². The van der Waals surface area contributed by atoms with Crippen molar-refractivity contribution in [1.82, 2.24) is 4.98 Å². The first kappa shape index (κ1) is 11.9. The van der Waals surface area contributed by atoms with Crippen molar-refractivity contribution in [1.29, 1.82) is 0 Å². The van der Waals surface area contributed by atoms with Crippen LogP contribution in [0.5, 0.6) is 0 Å². The number of pyridine rings is 1. The van der Waals surface area contributed by atoms with Crippen LogP contribution in [0.15, 0.2) is 18.5 Å². The summed E-state index contributed by atoms with van der Waals surface area (Å²) in [6.07, 6.45) is 3.62. The van der Waals surface area contributed by atoms with Crippen LogP contribution in [0.4, 0.5) is 5.69 Å². The molecule has 1 rings (SSSR count). The van der Waals surface area contributed by atoms with Crippen LogP contribution in [0.3, 0.4) is 0 Å². The van der Waals surface area contributed by atoms with E-state index in [0.717, 1.165) is 5.56 Å². The van der Waals surface area contributed by atoms with Crippen molar-refractivity contribution in [2.24, 2.45) is 5.73 Å². The molecule has 0 aliphatic rings. The molecule has 15 heavy (non-hydrogen) atoms. The molecular formula is C9H15N3O2S. The van der Waals surface area contributed by atoms with Crippen molar-refractivity contribution in [2.45, 2.75) is 13.3 Å². The SMILES string of the molecule is Cc1cnccc1NS(=O)(=O)CCCN. The van der Waals surface area contributed by atoms with Crippen molar-refractivity contribution in [2.75, 3.05) is 17.0 Å². The smallest absolute Gasteiger partial charge is 0.232 e. The van der Waals surface area contributed by atoms with Gasteiger partial charge in [0.25, 0.3) is 0 Å². The monoisotopic (exact) mass is 229 g/mol. The average molecular weight is 229 g/mol. The fraction of sp³-hybridized carbons (Fsp3) is 0.444. The lowest BCUT2D eigenvalue weighted by atomic mass is 10.3. The summed E-state index contributed by atoms with van der Waals surface area (Å²) in [5.74, 6) is 0.0469. The molecule has 0 saturated carbocycles. The van der Waals surface area contributed by atoms with Crippen LogP contribution in [-0.2, 0) is 10.0 Å². The second-order valence-electron chi connectivity index (χ2n) is 3.25. The van der Waals surface area contributed by atoms with E-state index in [0.29, 0.717) is 18.7 Å². The van der Waals surface area contributed by atoms with Crippen molar-refractivity contribution >= 4 is 15.7 Å². The van der Waals surface area contributed by atoms with Crippen LogP contribution >= 0.6 is 0 Å². The Hall–Kier alpha value is -1.14. The van der Waals surface area contributed by atoms with Gasteiger partial charge in [-0.25, -0.2) is 8.42 Å². The van der Waals surface area contributed by atoms with Crippen LogP contribution < -0.4 is 10.5 Å². The largest absolute Gasteiger partial charge is 0.330 e. The molecule has 0 atom stereocenters. The molecule has 0 amide bonds. The Morgan fingerprint density at radius 3 is 2.87 bits per heavy atom. The first-order valence-electron chi connectivity index (χ1n) is 4.66. The highest BCUT2D eigenvalue weighted by Gasteiger charge is 2.10. The van der Waals surface area contributed by atoms with E-state index in [1.165, 1.54) is 0 Å².